The van der Waals surface area contributed by atoms with E-state index in [1.165, 1.54) is 11.1 Å². The molecule has 2 nitrogen and oxygen atoms in total. The summed E-state index contributed by atoms with van der Waals surface area (Å²) in [5.74, 6) is 0. The lowest BCUT2D eigenvalue weighted by molar-refractivity contribution is 1.41. The van der Waals surface area contributed by atoms with Gasteiger partial charge < -0.3 is 10.3 Å². The van der Waals surface area contributed by atoms with Crippen LogP contribution in [0.25, 0.3) is 11.1 Å². The fourth-order valence-electron chi connectivity index (χ4n) is 1.36. The van der Waals surface area contributed by atoms with Crippen molar-refractivity contribution in [1.29, 1.82) is 0 Å². The first kappa shape index (κ1) is 7.92. The van der Waals surface area contributed by atoms with Crippen LogP contribution in [0.1, 0.15) is 0 Å². The Morgan fingerprint density at radius 1 is 1.15 bits per heavy atom. The van der Waals surface area contributed by atoms with Crippen LogP contribution < -0.4 is 5.32 Å². The zero-order valence-corrected chi connectivity index (χ0v) is 7.54. The molecule has 0 spiro atoms. The molecule has 66 valence electrons. The summed E-state index contributed by atoms with van der Waals surface area (Å²) in [5, 5.41) is 3.12. The van der Waals surface area contributed by atoms with Crippen LogP contribution in [0.4, 0.5) is 5.69 Å². The van der Waals surface area contributed by atoms with E-state index in [-0.39, 0.29) is 0 Å². The third-order valence-corrected chi connectivity index (χ3v) is 2.08. The van der Waals surface area contributed by atoms with Crippen LogP contribution in [0, 0.1) is 0 Å². The lowest BCUT2D eigenvalue weighted by Gasteiger charge is -2.02. The molecule has 0 radical (unpaired) electrons. The Bertz CT molecular complexity index is 377. The summed E-state index contributed by atoms with van der Waals surface area (Å²) in [5.41, 5.74) is 3.59. The minimum atomic E-state index is 1.14. The third-order valence-electron chi connectivity index (χ3n) is 2.08. The van der Waals surface area contributed by atoms with E-state index in [4.69, 9.17) is 0 Å². The summed E-state index contributed by atoms with van der Waals surface area (Å²) in [4.78, 5) is 3.05. The Morgan fingerprint density at radius 2 is 2.08 bits per heavy atom. The number of anilines is 1. The van der Waals surface area contributed by atoms with Crippen LogP contribution in [0.15, 0.2) is 42.7 Å². The highest BCUT2D eigenvalue weighted by atomic mass is 14.8. The number of aromatic amines is 1. The van der Waals surface area contributed by atoms with Gasteiger partial charge in [-0.1, -0.05) is 12.1 Å². The molecule has 1 aromatic heterocycles. The quantitative estimate of drug-likeness (QED) is 0.716. The summed E-state index contributed by atoms with van der Waals surface area (Å²) in [6.45, 7) is 0. The summed E-state index contributed by atoms with van der Waals surface area (Å²) in [7, 11) is 1.93. The minimum absolute atomic E-state index is 1.14. The second-order valence-electron chi connectivity index (χ2n) is 2.93. The molecule has 0 bridgehead atoms. The maximum atomic E-state index is 3.12. The van der Waals surface area contributed by atoms with Crippen LogP contribution in [0.2, 0.25) is 0 Å². The second-order valence-corrected chi connectivity index (χ2v) is 2.93. The van der Waals surface area contributed by atoms with E-state index < -0.39 is 0 Å². The topological polar surface area (TPSA) is 27.8 Å². The number of hydrogen-bond acceptors (Lipinski definition) is 1. The van der Waals surface area contributed by atoms with Crippen molar-refractivity contribution < 1.29 is 0 Å². The maximum absolute atomic E-state index is 3.12. The molecule has 0 unspecified atom stereocenters. The molecule has 0 saturated heterocycles. The molecule has 2 aromatic rings. The van der Waals surface area contributed by atoms with Gasteiger partial charge in [-0.2, -0.15) is 0 Å². The molecular weight excluding hydrogens is 160 g/mol. The molecule has 2 heteroatoms. The predicted molar refractivity (Wildman–Crippen MR) is 55.8 cm³/mol. The van der Waals surface area contributed by atoms with E-state index in [1.807, 2.05) is 25.5 Å². The van der Waals surface area contributed by atoms with Crippen molar-refractivity contribution in [3.8, 4) is 11.1 Å². The molecule has 0 amide bonds. The zero-order chi connectivity index (χ0) is 9.10. The Balaban J connectivity index is 2.41. The highest BCUT2D eigenvalue weighted by Gasteiger charge is 1.97. The first-order valence-corrected chi connectivity index (χ1v) is 4.31. The van der Waals surface area contributed by atoms with Gasteiger partial charge in [-0.3, -0.25) is 0 Å². The van der Waals surface area contributed by atoms with Gasteiger partial charge in [0.2, 0.25) is 0 Å². The lowest BCUT2D eigenvalue weighted by atomic mass is 10.1. The number of nitrogens with one attached hydrogen (secondary N) is 2. The van der Waals surface area contributed by atoms with Gasteiger partial charge in [0.05, 0.1) is 0 Å². The maximum Gasteiger partial charge on any atom is 0.0343 e. The Labute approximate surface area is 77.6 Å². The minimum Gasteiger partial charge on any atom is -0.388 e. The Morgan fingerprint density at radius 3 is 2.77 bits per heavy atom. The molecule has 0 atom stereocenters. The Kier molecular flexibility index (Phi) is 2.04. The van der Waals surface area contributed by atoms with E-state index in [9.17, 15) is 0 Å². The van der Waals surface area contributed by atoms with Gasteiger partial charge in [0.1, 0.15) is 0 Å². The molecular formula is C11H12N2. The van der Waals surface area contributed by atoms with Crippen molar-refractivity contribution in [3.63, 3.8) is 0 Å². The van der Waals surface area contributed by atoms with Gasteiger partial charge in [0.25, 0.3) is 0 Å². The molecule has 2 rings (SSSR count). The zero-order valence-electron chi connectivity index (χ0n) is 7.54. The molecule has 0 fully saturated rings. The average molecular weight is 172 g/mol. The van der Waals surface area contributed by atoms with Gasteiger partial charge in [-0.25, -0.2) is 0 Å². The van der Waals surface area contributed by atoms with Gasteiger partial charge in [0, 0.05) is 25.1 Å². The van der Waals surface area contributed by atoms with Gasteiger partial charge >= 0.3 is 0 Å². The Hall–Kier alpha value is -1.70. The number of rotatable bonds is 2. The highest BCUT2D eigenvalue weighted by Crippen LogP contribution is 2.21. The molecule has 0 aliphatic rings. The van der Waals surface area contributed by atoms with E-state index in [1.54, 1.807) is 0 Å². The monoisotopic (exact) mass is 172 g/mol. The van der Waals surface area contributed by atoms with Gasteiger partial charge in [0.15, 0.2) is 0 Å². The number of hydrogen-bond donors (Lipinski definition) is 2. The van der Waals surface area contributed by atoms with E-state index >= 15 is 0 Å². The van der Waals surface area contributed by atoms with Crippen LogP contribution in [-0.2, 0) is 0 Å². The molecule has 13 heavy (non-hydrogen) atoms. The molecule has 2 N–H and O–H groups in total. The van der Waals surface area contributed by atoms with E-state index in [0.29, 0.717) is 0 Å². The standard InChI is InChI=1S/C11H12N2/c1-12-11-4-2-3-9(7-11)10-5-6-13-8-10/h2-8,12-13H,1H3. The summed E-state index contributed by atoms with van der Waals surface area (Å²) in [6.07, 6.45) is 3.93. The molecule has 0 saturated carbocycles. The highest BCUT2D eigenvalue weighted by molar-refractivity contribution is 5.67. The second kappa shape index (κ2) is 3.35. The van der Waals surface area contributed by atoms with Crippen LogP contribution >= 0.6 is 0 Å². The summed E-state index contributed by atoms with van der Waals surface area (Å²) < 4.78 is 0. The number of aromatic nitrogens is 1. The first-order chi connectivity index (χ1) is 6.40. The van der Waals surface area contributed by atoms with Gasteiger partial charge in [-0.15, -0.1) is 0 Å². The smallest absolute Gasteiger partial charge is 0.0343 e. The van der Waals surface area contributed by atoms with Crippen molar-refractivity contribution in [2.24, 2.45) is 0 Å². The predicted octanol–water partition coefficient (Wildman–Crippen LogP) is 2.72. The fourth-order valence-corrected chi connectivity index (χ4v) is 1.36. The van der Waals surface area contributed by atoms with Crippen molar-refractivity contribution in [2.45, 2.75) is 0 Å². The first-order valence-electron chi connectivity index (χ1n) is 4.31. The van der Waals surface area contributed by atoms with Crippen molar-refractivity contribution in [2.75, 3.05) is 12.4 Å². The summed E-state index contributed by atoms with van der Waals surface area (Å²) >= 11 is 0. The number of benzene rings is 1. The van der Waals surface area contributed by atoms with Crippen LogP contribution in [0.3, 0.4) is 0 Å². The van der Waals surface area contributed by atoms with E-state index in [0.717, 1.165) is 5.69 Å². The van der Waals surface area contributed by atoms with Crippen molar-refractivity contribution >= 4 is 5.69 Å². The molecule has 1 aromatic carbocycles. The van der Waals surface area contributed by atoms with Crippen LogP contribution in [0.5, 0.6) is 0 Å². The van der Waals surface area contributed by atoms with Gasteiger partial charge in [-0.05, 0) is 29.3 Å². The molecule has 1 heterocycles. The normalized spacial score (nSPS) is 9.92. The van der Waals surface area contributed by atoms with E-state index in [2.05, 4.69) is 34.6 Å². The summed E-state index contributed by atoms with van der Waals surface area (Å²) in [6, 6.07) is 10.4. The van der Waals surface area contributed by atoms with Crippen LogP contribution in [-0.4, -0.2) is 12.0 Å². The van der Waals surface area contributed by atoms with Crippen molar-refractivity contribution in [1.82, 2.24) is 4.98 Å². The SMILES string of the molecule is CNc1cccc(-c2cc[nH]c2)c1. The lowest BCUT2D eigenvalue weighted by Crippen LogP contribution is -1.86. The molecule has 0 aliphatic carbocycles. The fraction of sp³-hybridized carbons (Fsp3) is 0.0909. The number of H-pyrrole nitrogens is 1. The third kappa shape index (κ3) is 1.56. The molecule has 0 aliphatic heterocycles. The van der Waals surface area contributed by atoms with Crippen molar-refractivity contribution in [3.05, 3.63) is 42.7 Å². The largest absolute Gasteiger partial charge is 0.388 e. The average Bonchev–Trinajstić information content (AvgIpc) is 2.71.